The van der Waals surface area contributed by atoms with Crippen LogP contribution in [0.4, 0.5) is 0 Å². The summed E-state index contributed by atoms with van der Waals surface area (Å²) in [5.41, 5.74) is 5.53. The number of hydrogen-bond acceptors (Lipinski definition) is 2. The van der Waals surface area contributed by atoms with Crippen LogP contribution < -0.4 is 0 Å². The molecule has 1 aliphatic heterocycles. The summed E-state index contributed by atoms with van der Waals surface area (Å²) >= 11 is 0. The summed E-state index contributed by atoms with van der Waals surface area (Å²) in [7, 11) is 2.20. The predicted molar refractivity (Wildman–Crippen MR) is 81.6 cm³/mol. The second kappa shape index (κ2) is 5.30. The maximum absolute atomic E-state index is 8.91. The Bertz CT molecular complexity index is 676. The molecule has 0 aliphatic carbocycles. The summed E-state index contributed by atoms with van der Waals surface area (Å²) in [5, 5.41) is 10.3. The van der Waals surface area contributed by atoms with Crippen LogP contribution in [0.2, 0.25) is 0 Å². The van der Waals surface area contributed by atoms with Crippen molar-refractivity contribution in [2.75, 3.05) is 13.6 Å². The van der Waals surface area contributed by atoms with E-state index in [1.807, 2.05) is 0 Å². The van der Waals surface area contributed by atoms with Gasteiger partial charge in [-0.25, -0.2) is 0 Å². The number of nitriles is 1. The van der Waals surface area contributed by atoms with E-state index >= 15 is 0 Å². The second-order valence-electron chi connectivity index (χ2n) is 5.85. The predicted octanol–water partition coefficient (Wildman–Crippen LogP) is 3.24. The number of aryl methyl sites for hydroxylation is 2. The largest absolute Gasteiger partial charge is 0.343 e. The van der Waals surface area contributed by atoms with Crippen molar-refractivity contribution in [1.29, 1.82) is 5.26 Å². The highest BCUT2D eigenvalue weighted by Crippen LogP contribution is 2.31. The first-order valence-electron chi connectivity index (χ1n) is 7.37. The molecular formula is C17H21N3. The van der Waals surface area contributed by atoms with E-state index in [0.29, 0.717) is 6.42 Å². The second-order valence-corrected chi connectivity index (χ2v) is 5.85. The van der Waals surface area contributed by atoms with Crippen LogP contribution in [-0.4, -0.2) is 23.1 Å². The third-order valence-electron chi connectivity index (χ3n) is 4.27. The maximum atomic E-state index is 8.91. The molecule has 3 nitrogen and oxygen atoms in total. The Hall–Kier alpha value is -1.79. The van der Waals surface area contributed by atoms with Crippen LogP contribution in [0.3, 0.4) is 0 Å². The zero-order chi connectivity index (χ0) is 14.1. The Labute approximate surface area is 120 Å². The van der Waals surface area contributed by atoms with E-state index in [-0.39, 0.29) is 0 Å². The molecule has 1 aliphatic rings. The zero-order valence-electron chi connectivity index (χ0n) is 12.3. The van der Waals surface area contributed by atoms with Crippen molar-refractivity contribution in [3.8, 4) is 6.07 Å². The first-order chi connectivity index (χ1) is 9.70. The van der Waals surface area contributed by atoms with E-state index in [1.165, 1.54) is 34.1 Å². The first kappa shape index (κ1) is 13.2. The molecule has 20 heavy (non-hydrogen) atoms. The van der Waals surface area contributed by atoms with Gasteiger partial charge in [-0.2, -0.15) is 5.26 Å². The van der Waals surface area contributed by atoms with E-state index < -0.39 is 0 Å². The SMILES string of the molecule is Cc1ccc2c(c1)c1c(n2CCC#N)CCCN(C)C1. The molecule has 0 saturated carbocycles. The molecule has 0 spiro atoms. The lowest BCUT2D eigenvalue weighted by Crippen LogP contribution is -2.17. The van der Waals surface area contributed by atoms with E-state index in [4.69, 9.17) is 5.26 Å². The van der Waals surface area contributed by atoms with Gasteiger partial charge in [-0.3, -0.25) is 0 Å². The fourth-order valence-corrected chi connectivity index (χ4v) is 3.34. The zero-order valence-corrected chi connectivity index (χ0v) is 12.3. The maximum Gasteiger partial charge on any atom is 0.0640 e. The molecule has 2 aromatic rings. The lowest BCUT2D eigenvalue weighted by atomic mass is 10.1. The third kappa shape index (κ3) is 2.21. The van der Waals surface area contributed by atoms with E-state index in [1.54, 1.807) is 0 Å². The summed E-state index contributed by atoms with van der Waals surface area (Å²) in [6, 6.07) is 8.98. The number of rotatable bonds is 2. The van der Waals surface area contributed by atoms with Gasteiger partial charge in [-0.15, -0.1) is 0 Å². The van der Waals surface area contributed by atoms with Crippen LogP contribution in [0.1, 0.15) is 29.7 Å². The quantitative estimate of drug-likeness (QED) is 0.836. The van der Waals surface area contributed by atoms with Crippen LogP contribution in [0.5, 0.6) is 0 Å². The highest BCUT2D eigenvalue weighted by Gasteiger charge is 2.20. The minimum absolute atomic E-state index is 0.583. The average molecular weight is 267 g/mol. The number of benzene rings is 1. The van der Waals surface area contributed by atoms with Crippen molar-refractivity contribution in [3.05, 3.63) is 35.0 Å². The molecule has 1 aromatic carbocycles. The van der Waals surface area contributed by atoms with Crippen LogP contribution in [-0.2, 0) is 19.5 Å². The summed E-state index contributed by atoms with van der Waals surface area (Å²) in [5.74, 6) is 0. The molecule has 0 atom stereocenters. The fraction of sp³-hybridized carbons (Fsp3) is 0.471. The van der Waals surface area contributed by atoms with Gasteiger partial charge in [0.25, 0.3) is 0 Å². The van der Waals surface area contributed by atoms with Gasteiger partial charge in [0.2, 0.25) is 0 Å². The Morgan fingerprint density at radius 1 is 1.35 bits per heavy atom. The minimum Gasteiger partial charge on any atom is -0.343 e. The highest BCUT2D eigenvalue weighted by molar-refractivity contribution is 5.86. The summed E-state index contributed by atoms with van der Waals surface area (Å²) in [4.78, 5) is 2.40. The van der Waals surface area contributed by atoms with E-state index in [2.05, 4.69) is 47.7 Å². The molecule has 0 amide bonds. The van der Waals surface area contributed by atoms with Crippen molar-refractivity contribution < 1.29 is 0 Å². The summed E-state index contributed by atoms with van der Waals surface area (Å²) < 4.78 is 2.38. The van der Waals surface area contributed by atoms with Gasteiger partial charge in [0.1, 0.15) is 0 Å². The molecule has 0 unspecified atom stereocenters. The lowest BCUT2D eigenvalue weighted by molar-refractivity contribution is 0.333. The van der Waals surface area contributed by atoms with E-state index in [0.717, 1.165) is 26.1 Å². The molecule has 1 aromatic heterocycles. The van der Waals surface area contributed by atoms with Gasteiger partial charge < -0.3 is 9.47 Å². The van der Waals surface area contributed by atoms with Crippen molar-refractivity contribution in [1.82, 2.24) is 9.47 Å². The number of aromatic nitrogens is 1. The molecule has 0 bridgehead atoms. The van der Waals surface area contributed by atoms with Crippen LogP contribution >= 0.6 is 0 Å². The normalized spacial score (nSPS) is 15.8. The summed E-state index contributed by atoms with van der Waals surface area (Å²) in [6.07, 6.45) is 2.91. The monoisotopic (exact) mass is 267 g/mol. The van der Waals surface area contributed by atoms with Gasteiger partial charge >= 0.3 is 0 Å². The molecule has 2 heterocycles. The Morgan fingerprint density at radius 2 is 2.20 bits per heavy atom. The number of nitrogens with zero attached hydrogens (tertiary/aromatic N) is 3. The van der Waals surface area contributed by atoms with Crippen LogP contribution in [0.15, 0.2) is 18.2 Å². The van der Waals surface area contributed by atoms with E-state index in [9.17, 15) is 0 Å². The molecule has 0 radical (unpaired) electrons. The van der Waals surface area contributed by atoms with Crippen molar-refractivity contribution >= 4 is 10.9 Å². The minimum atomic E-state index is 0.583. The number of hydrogen-bond donors (Lipinski definition) is 0. The topological polar surface area (TPSA) is 32.0 Å². The smallest absolute Gasteiger partial charge is 0.0640 e. The molecule has 0 N–H and O–H groups in total. The van der Waals surface area contributed by atoms with Crippen molar-refractivity contribution in [2.45, 2.75) is 39.3 Å². The van der Waals surface area contributed by atoms with Crippen LogP contribution in [0, 0.1) is 18.3 Å². The van der Waals surface area contributed by atoms with Crippen LogP contribution in [0.25, 0.3) is 10.9 Å². The van der Waals surface area contributed by atoms with Gasteiger partial charge in [0, 0.05) is 29.7 Å². The van der Waals surface area contributed by atoms with Gasteiger partial charge in [0.15, 0.2) is 0 Å². The average Bonchev–Trinajstić information content (AvgIpc) is 2.58. The molecule has 0 fully saturated rings. The first-order valence-corrected chi connectivity index (χ1v) is 7.37. The van der Waals surface area contributed by atoms with Gasteiger partial charge in [-0.1, -0.05) is 11.6 Å². The molecule has 3 rings (SSSR count). The molecule has 3 heteroatoms. The fourth-order valence-electron chi connectivity index (χ4n) is 3.34. The van der Waals surface area contributed by atoms with Gasteiger partial charge in [-0.05, 0) is 51.1 Å². The Kier molecular flexibility index (Phi) is 3.50. The van der Waals surface area contributed by atoms with Crippen molar-refractivity contribution in [3.63, 3.8) is 0 Å². The highest BCUT2D eigenvalue weighted by atomic mass is 15.1. The molecular weight excluding hydrogens is 246 g/mol. The Balaban J connectivity index is 2.21. The lowest BCUT2D eigenvalue weighted by Gasteiger charge is -2.12. The molecule has 104 valence electrons. The van der Waals surface area contributed by atoms with Crippen molar-refractivity contribution in [2.24, 2.45) is 0 Å². The standard InChI is InChI=1S/C17H21N3/c1-13-6-7-17-14(11-13)15-12-19(2)9-3-5-16(15)20(17)10-4-8-18/h6-7,11H,3-5,9-10,12H2,1-2H3. The summed E-state index contributed by atoms with van der Waals surface area (Å²) in [6.45, 7) is 5.14. The molecule has 0 saturated heterocycles. The Morgan fingerprint density at radius 3 is 3.00 bits per heavy atom. The third-order valence-corrected chi connectivity index (χ3v) is 4.27. The number of fused-ring (bicyclic) bond motifs is 3. The van der Waals surface area contributed by atoms with Gasteiger partial charge in [0.05, 0.1) is 12.5 Å².